The number of carbonyl (C=O) groups is 1. The Morgan fingerprint density at radius 1 is 1.06 bits per heavy atom. The van der Waals surface area contributed by atoms with E-state index in [0.29, 0.717) is 18.8 Å². The van der Waals surface area contributed by atoms with Crippen LogP contribution in [0.25, 0.3) is 33.4 Å². The molecule has 5 rings (SSSR count). The number of aromatic amines is 1. The molecular weight excluding hydrogens is 404 g/mol. The second kappa shape index (κ2) is 8.39. The number of ether oxygens (including phenoxy) is 1. The Hall–Kier alpha value is -3.78. The summed E-state index contributed by atoms with van der Waals surface area (Å²) < 4.78 is 5.54. The van der Waals surface area contributed by atoms with E-state index in [9.17, 15) is 4.79 Å². The molecule has 1 aromatic carbocycles. The normalized spacial score (nSPS) is 14.0. The summed E-state index contributed by atoms with van der Waals surface area (Å²) >= 11 is 0. The van der Waals surface area contributed by atoms with Gasteiger partial charge in [-0.1, -0.05) is 18.2 Å². The van der Waals surface area contributed by atoms with Gasteiger partial charge >= 0.3 is 0 Å². The minimum absolute atomic E-state index is 0.0404. The Bertz CT molecular complexity index is 1260. The van der Waals surface area contributed by atoms with Crippen molar-refractivity contribution >= 4 is 22.6 Å². The number of hydrogen-bond donors (Lipinski definition) is 1. The van der Waals surface area contributed by atoms with E-state index in [1.54, 1.807) is 31.4 Å². The van der Waals surface area contributed by atoms with Gasteiger partial charge in [0.05, 0.1) is 18.9 Å². The summed E-state index contributed by atoms with van der Waals surface area (Å²) in [5, 5.41) is 8.02. The predicted octanol–water partition coefficient (Wildman–Crippen LogP) is 3.23. The van der Waals surface area contributed by atoms with E-state index in [4.69, 9.17) is 9.72 Å². The van der Waals surface area contributed by atoms with E-state index in [-0.39, 0.29) is 5.91 Å². The van der Waals surface area contributed by atoms with Crippen molar-refractivity contribution in [2.45, 2.75) is 0 Å². The molecule has 1 fully saturated rings. The van der Waals surface area contributed by atoms with Gasteiger partial charge in [-0.2, -0.15) is 5.10 Å². The van der Waals surface area contributed by atoms with E-state index in [0.717, 1.165) is 52.3 Å². The standard InChI is InChI=1S/C24H24N6O2/c1-29(2)24(31)18-6-4-3-5-16(18)19-15-21(30-11-13-32-14-12-30)27-22-17(19)7-9-25-23(22)20-8-10-26-28-20/h3-10,15H,11-14H2,1-2H3,(H,26,28). The van der Waals surface area contributed by atoms with Gasteiger partial charge in [-0.25, -0.2) is 4.98 Å². The van der Waals surface area contributed by atoms with Crippen LogP contribution in [0, 0.1) is 0 Å². The highest BCUT2D eigenvalue weighted by atomic mass is 16.5. The van der Waals surface area contributed by atoms with Gasteiger partial charge in [0.2, 0.25) is 0 Å². The van der Waals surface area contributed by atoms with Crippen LogP contribution in [0.1, 0.15) is 10.4 Å². The van der Waals surface area contributed by atoms with Gasteiger partial charge in [-0.15, -0.1) is 0 Å². The number of morpholine rings is 1. The second-order valence-corrected chi connectivity index (χ2v) is 7.90. The summed E-state index contributed by atoms with van der Waals surface area (Å²) in [4.78, 5) is 26.4. The largest absolute Gasteiger partial charge is 0.378 e. The summed E-state index contributed by atoms with van der Waals surface area (Å²) in [5.41, 5.74) is 4.76. The maximum Gasteiger partial charge on any atom is 0.253 e. The number of aromatic nitrogens is 4. The van der Waals surface area contributed by atoms with Crippen LogP contribution in [0.4, 0.5) is 5.82 Å². The molecule has 0 aliphatic carbocycles. The second-order valence-electron chi connectivity index (χ2n) is 7.90. The first kappa shape index (κ1) is 20.1. The third-order valence-corrected chi connectivity index (χ3v) is 5.66. The molecule has 4 aromatic rings. The number of benzene rings is 1. The molecule has 3 aromatic heterocycles. The highest BCUT2D eigenvalue weighted by Gasteiger charge is 2.21. The van der Waals surface area contributed by atoms with Crippen LogP contribution in [0.15, 0.2) is 54.9 Å². The lowest BCUT2D eigenvalue weighted by Gasteiger charge is -2.29. The molecule has 32 heavy (non-hydrogen) atoms. The summed E-state index contributed by atoms with van der Waals surface area (Å²) in [7, 11) is 3.53. The number of pyridine rings is 2. The van der Waals surface area contributed by atoms with Crippen LogP contribution in [0.5, 0.6) is 0 Å². The zero-order chi connectivity index (χ0) is 22.1. The number of anilines is 1. The minimum Gasteiger partial charge on any atom is -0.378 e. The van der Waals surface area contributed by atoms with Gasteiger partial charge in [0.15, 0.2) is 0 Å². The lowest BCUT2D eigenvalue weighted by atomic mass is 9.95. The Morgan fingerprint density at radius 3 is 2.62 bits per heavy atom. The molecule has 4 heterocycles. The van der Waals surface area contributed by atoms with Crippen molar-refractivity contribution in [2.24, 2.45) is 0 Å². The molecule has 0 spiro atoms. The van der Waals surface area contributed by atoms with Crippen molar-refractivity contribution in [1.29, 1.82) is 0 Å². The molecular formula is C24H24N6O2. The van der Waals surface area contributed by atoms with Gasteiger partial charge in [-0.05, 0) is 35.4 Å². The summed E-state index contributed by atoms with van der Waals surface area (Å²) in [6, 6.07) is 13.6. The number of nitrogens with zero attached hydrogens (tertiary/aromatic N) is 5. The molecule has 0 bridgehead atoms. The van der Waals surface area contributed by atoms with E-state index < -0.39 is 0 Å². The average molecular weight is 428 g/mol. The predicted molar refractivity (Wildman–Crippen MR) is 124 cm³/mol. The van der Waals surface area contributed by atoms with Gasteiger partial charge < -0.3 is 14.5 Å². The monoisotopic (exact) mass is 428 g/mol. The van der Waals surface area contributed by atoms with E-state index in [1.165, 1.54) is 0 Å². The minimum atomic E-state index is -0.0404. The first-order valence-corrected chi connectivity index (χ1v) is 10.6. The number of H-pyrrole nitrogens is 1. The molecule has 0 atom stereocenters. The van der Waals surface area contributed by atoms with Crippen LogP contribution in [-0.4, -0.2) is 71.4 Å². The molecule has 1 saturated heterocycles. The highest BCUT2D eigenvalue weighted by Crippen LogP contribution is 2.36. The zero-order valence-corrected chi connectivity index (χ0v) is 18.1. The Kier molecular flexibility index (Phi) is 5.28. The molecule has 162 valence electrons. The van der Waals surface area contributed by atoms with Crippen LogP contribution < -0.4 is 4.90 Å². The Morgan fingerprint density at radius 2 is 1.88 bits per heavy atom. The van der Waals surface area contributed by atoms with Crippen molar-refractivity contribution in [3.63, 3.8) is 0 Å². The lowest BCUT2D eigenvalue weighted by Crippen LogP contribution is -2.36. The Balaban J connectivity index is 1.79. The molecule has 8 heteroatoms. The number of hydrogen-bond acceptors (Lipinski definition) is 6. The SMILES string of the molecule is CN(C)C(=O)c1ccccc1-c1cc(N2CCOCC2)nc2c(-c3ccn[nH]3)nccc12. The fraction of sp³-hybridized carbons (Fsp3) is 0.250. The van der Waals surface area contributed by atoms with Gasteiger partial charge in [0.25, 0.3) is 5.91 Å². The fourth-order valence-corrected chi connectivity index (χ4v) is 4.05. The maximum absolute atomic E-state index is 13.0. The maximum atomic E-state index is 13.0. The third kappa shape index (κ3) is 3.58. The van der Waals surface area contributed by atoms with Crippen molar-refractivity contribution in [3.05, 3.63) is 60.4 Å². The summed E-state index contributed by atoms with van der Waals surface area (Å²) in [6.07, 6.45) is 3.47. The molecule has 1 aliphatic rings. The quantitative estimate of drug-likeness (QED) is 0.537. The number of fused-ring (bicyclic) bond motifs is 1. The van der Waals surface area contributed by atoms with Crippen molar-refractivity contribution < 1.29 is 9.53 Å². The van der Waals surface area contributed by atoms with Crippen LogP contribution in [-0.2, 0) is 4.74 Å². The molecule has 1 aliphatic heterocycles. The molecule has 0 radical (unpaired) electrons. The lowest BCUT2D eigenvalue weighted by molar-refractivity contribution is 0.0828. The number of rotatable bonds is 4. The number of nitrogens with one attached hydrogen (secondary N) is 1. The first-order valence-electron chi connectivity index (χ1n) is 10.6. The molecule has 0 unspecified atom stereocenters. The first-order chi connectivity index (χ1) is 15.6. The zero-order valence-electron chi connectivity index (χ0n) is 18.1. The van der Waals surface area contributed by atoms with Crippen molar-refractivity contribution in [1.82, 2.24) is 25.1 Å². The van der Waals surface area contributed by atoms with Crippen LogP contribution in [0.3, 0.4) is 0 Å². The van der Waals surface area contributed by atoms with E-state index >= 15 is 0 Å². The van der Waals surface area contributed by atoms with E-state index in [1.807, 2.05) is 36.4 Å². The fourth-order valence-electron chi connectivity index (χ4n) is 4.05. The highest BCUT2D eigenvalue weighted by molar-refractivity contribution is 6.07. The molecule has 1 amide bonds. The van der Waals surface area contributed by atoms with Crippen molar-refractivity contribution in [2.75, 3.05) is 45.3 Å². The van der Waals surface area contributed by atoms with Gasteiger partial charge in [0.1, 0.15) is 17.0 Å². The van der Waals surface area contributed by atoms with Crippen molar-refractivity contribution in [3.8, 4) is 22.5 Å². The molecule has 0 saturated carbocycles. The van der Waals surface area contributed by atoms with Gasteiger partial charge in [0, 0.05) is 50.5 Å². The summed E-state index contributed by atoms with van der Waals surface area (Å²) in [6.45, 7) is 2.84. The third-order valence-electron chi connectivity index (χ3n) is 5.66. The molecule has 8 nitrogen and oxygen atoms in total. The molecule has 1 N–H and O–H groups in total. The number of amides is 1. The van der Waals surface area contributed by atoms with E-state index in [2.05, 4.69) is 26.1 Å². The van der Waals surface area contributed by atoms with Gasteiger partial charge in [-0.3, -0.25) is 14.9 Å². The van der Waals surface area contributed by atoms with Crippen LogP contribution >= 0.6 is 0 Å². The topological polar surface area (TPSA) is 87.2 Å². The smallest absolute Gasteiger partial charge is 0.253 e. The average Bonchev–Trinajstić information content (AvgIpc) is 3.38. The Labute approximate surface area is 185 Å². The summed E-state index contributed by atoms with van der Waals surface area (Å²) in [5.74, 6) is 0.804. The van der Waals surface area contributed by atoms with Crippen LogP contribution in [0.2, 0.25) is 0 Å². The number of carbonyl (C=O) groups excluding carboxylic acids is 1.